The smallest absolute Gasteiger partial charge is 0.248 e. The van der Waals surface area contributed by atoms with E-state index in [2.05, 4.69) is 6.58 Å². The highest BCUT2D eigenvalue weighted by atomic mass is 35.5. The zero-order valence-electron chi connectivity index (χ0n) is 15.3. The summed E-state index contributed by atoms with van der Waals surface area (Å²) in [5, 5.41) is 2.67. The lowest BCUT2D eigenvalue weighted by Crippen LogP contribution is -2.31. The Morgan fingerprint density at radius 3 is 2.66 bits per heavy atom. The Hall–Kier alpha value is -2.05. The first-order valence-corrected chi connectivity index (χ1v) is 11.8. The molecule has 3 aromatic rings. The van der Waals surface area contributed by atoms with E-state index in [0.29, 0.717) is 16.0 Å². The second-order valence-corrected chi connectivity index (χ2v) is 10.3. The van der Waals surface area contributed by atoms with E-state index in [1.54, 1.807) is 23.6 Å². The minimum Gasteiger partial charge on any atom is -0.344 e. The number of amides is 1. The van der Waals surface area contributed by atoms with Gasteiger partial charge in [0.15, 0.2) is 11.6 Å². The Kier molecular flexibility index (Phi) is 6.24. The Labute approximate surface area is 175 Å². The number of carbonyl (C=O) groups is 1. The number of fused-ring (bicyclic) bond motifs is 1. The Balaban J connectivity index is 2.16. The lowest BCUT2D eigenvalue weighted by atomic mass is 10.1. The average molecular weight is 456 g/mol. The zero-order valence-corrected chi connectivity index (χ0v) is 17.8. The van der Waals surface area contributed by atoms with Gasteiger partial charge in [-0.15, -0.1) is 11.3 Å². The van der Waals surface area contributed by atoms with Crippen LogP contribution in [0.3, 0.4) is 0 Å². The molecule has 3 rings (SSSR count). The molecule has 1 amide bonds. The molecule has 0 fully saturated rings. The van der Waals surface area contributed by atoms with Crippen LogP contribution in [0.25, 0.3) is 10.1 Å². The molecule has 1 heterocycles. The topological polar surface area (TPSA) is 57.6 Å². The third-order valence-electron chi connectivity index (χ3n) is 4.55. The molecule has 0 bridgehead atoms. The third kappa shape index (κ3) is 4.14. The van der Waals surface area contributed by atoms with Gasteiger partial charge >= 0.3 is 0 Å². The van der Waals surface area contributed by atoms with E-state index in [9.17, 15) is 23.0 Å². The minimum atomic E-state index is -4.00. The van der Waals surface area contributed by atoms with Crippen molar-refractivity contribution in [2.45, 2.75) is 12.6 Å². The highest BCUT2D eigenvalue weighted by molar-refractivity contribution is 7.59. The monoisotopic (exact) mass is 455 g/mol. The summed E-state index contributed by atoms with van der Waals surface area (Å²) in [5.74, 6) is -2.98. The van der Waals surface area contributed by atoms with Crippen molar-refractivity contribution in [3.63, 3.8) is 0 Å². The van der Waals surface area contributed by atoms with Crippen LogP contribution in [0.1, 0.15) is 18.1 Å². The van der Waals surface area contributed by atoms with Gasteiger partial charge in [-0.3, -0.25) is 14.3 Å². The van der Waals surface area contributed by atoms with Gasteiger partial charge in [-0.2, -0.15) is 0 Å². The van der Waals surface area contributed by atoms with Gasteiger partial charge in [-0.05, 0) is 46.7 Å². The van der Waals surface area contributed by atoms with Crippen molar-refractivity contribution in [3.8, 4) is 0 Å². The highest BCUT2D eigenvalue weighted by Crippen LogP contribution is 2.58. The zero-order chi connectivity index (χ0) is 21.3. The molecule has 0 aliphatic heterocycles. The highest BCUT2D eigenvalue weighted by Gasteiger charge is 2.41. The molecule has 29 heavy (non-hydrogen) atoms. The van der Waals surface area contributed by atoms with Crippen LogP contribution in [0.5, 0.6) is 0 Å². The number of rotatable bonds is 6. The summed E-state index contributed by atoms with van der Waals surface area (Å²) in [4.78, 5) is 25.0. The fourth-order valence-electron chi connectivity index (χ4n) is 3.03. The number of thiophene rings is 1. The first-order chi connectivity index (χ1) is 13.7. The molecule has 2 aromatic carbocycles. The molecule has 2 atom stereocenters. The second-order valence-electron chi connectivity index (χ2n) is 6.30. The fraction of sp³-hybridized carbons (Fsp3) is 0.150. The first kappa shape index (κ1) is 21.7. The van der Waals surface area contributed by atoms with Crippen LogP contribution in [0.2, 0.25) is 5.02 Å². The molecule has 0 radical (unpaired) electrons. The minimum absolute atomic E-state index is 0.00238. The van der Waals surface area contributed by atoms with Crippen LogP contribution in [0.15, 0.2) is 54.6 Å². The lowest BCUT2D eigenvalue weighted by molar-refractivity contribution is -0.117. The van der Waals surface area contributed by atoms with E-state index in [-0.39, 0.29) is 11.8 Å². The molecular formula is C20H17ClF2NO3PS. The standard InChI is InChI=1S/C20H17ClF2NO3PS/c1-3-24(13-6-7-16(22)17(23)10-13)20(25)19(28(26,27)4-2)15-11-29-18-8-5-12(21)9-14(15)18/h3,5-11,19H,1,4H2,2H3,(H,26,27). The van der Waals surface area contributed by atoms with Crippen LogP contribution in [0, 0.1) is 11.6 Å². The molecule has 0 saturated carbocycles. The van der Waals surface area contributed by atoms with Crippen molar-refractivity contribution in [1.82, 2.24) is 0 Å². The van der Waals surface area contributed by atoms with Crippen molar-refractivity contribution >= 4 is 52.0 Å². The number of benzene rings is 2. The largest absolute Gasteiger partial charge is 0.344 e. The third-order valence-corrected chi connectivity index (χ3v) is 7.98. The quantitative estimate of drug-likeness (QED) is 0.441. The summed E-state index contributed by atoms with van der Waals surface area (Å²) in [5.41, 5.74) is -1.05. The molecule has 1 aromatic heterocycles. The molecule has 0 spiro atoms. The molecule has 1 N–H and O–H groups in total. The van der Waals surface area contributed by atoms with E-state index in [4.69, 9.17) is 11.6 Å². The van der Waals surface area contributed by atoms with E-state index in [0.717, 1.165) is 27.9 Å². The van der Waals surface area contributed by atoms with Crippen molar-refractivity contribution in [1.29, 1.82) is 0 Å². The van der Waals surface area contributed by atoms with Crippen molar-refractivity contribution in [3.05, 3.63) is 76.8 Å². The lowest BCUT2D eigenvalue weighted by Gasteiger charge is -2.27. The summed E-state index contributed by atoms with van der Waals surface area (Å²) >= 11 is 7.40. The second kappa shape index (κ2) is 8.36. The summed E-state index contributed by atoms with van der Waals surface area (Å²) in [7, 11) is -4.00. The van der Waals surface area contributed by atoms with Gasteiger partial charge in [0.1, 0.15) is 5.66 Å². The number of anilines is 1. The van der Waals surface area contributed by atoms with E-state index >= 15 is 0 Å². The normalized spacial score (nSPS) is 14.4. The molecule has 0 saturated heterocycles. The van der Waals surface area contributed by atoms with E-state index < -0.39 is 30.6 Å². The van der Waals surface area contributed by atoms with Gasteiger partial charge in [0.05, 0.1) is 5.69 Å². The number of carbonyl (C=O) groups excluding carboxylic acids is 1. The summed E-state index contributed by atoms with van der Waals surface area (Å²) in [6, 6.07) is 8.00. The predicted molar refractivity (Wildman–Crippen MR) is 114 cm³/mol. The summed E-state index contributed by atoms with van der Waals surface area (Å²) in [6.45, 7) is 5.07. The Morgan fingerprint density at radius 1 is 1.31 bits per heavy atom. The molecule has 0 aliphatic carbocycles. The molecule has 152 valence electrons. The predicted octanol–water partition coefficient (Wildman–Crippen LogP) is 6.34. The van der Waals surface area contributed by atoms with Crippen LogP contribution in [0.4, 0.5) is 14.5 Å². The van der Waals surface area contributed by atoms with Crippen LogP contribution in [-0.2, 0) is 9.36 Å². The van der Waals surface area contributed by atoms with E-state index in [1.165, 1.54) is 24.3 Å². The molecular weight excluding hydrogens is 439 g/mol. The van der Waals surface area contributed by atoms with Crippen LogP contribution in [-0.4, -0.2) is 17.0 Å². The van der Waals surface area contributed by atoms with Gasteiger partial charge in [0, 0.05) is 28.2 Å². The number of hydrogen-bond donors (Lipinski definition) is 1. The Morgan fingerprint density at radius 2 is 2.03 bits per heavy atom. The maximum atomic E-state index is 13.7. The molecule has 9 heteroatoms. The van der Waals surface area contributed by atoms with Gasteiger partial charge in [0.25, 0.3) is 0 Å². The maximum Gasteiger partial charge on any atom is 0.248 e. The fourth-order valence-corrected chi connectivity index (χ4v) is 5.75. The summed E-state index contributed by atoms with van der Waals surface area (Å²) < 4.78 is 40.8. The first-order valence-electron chi connectivity index (χ1n) is 8.58. The molecule has 2 unspecified atom stereocenters. The SMILES string of the molecule is C=CN(C(=O)C(c1csc2ccc(Cl)cc12)P(=O)(O)CC)c1ccc(F)c(F)c1. The number of nitrogens with zero attached hydrogens (tertiary/aromatic N) is 1. The summed E-state index contributed by atoms with van der Waals surface area (Å²) in [6.07, 6.45) is 0.962. The van der Waals surface area contributed by atoms with Gasteiger partial charge < -0.3 is 4.89 Å². The number of hydrogen-bond acceptors (Lipinski definition) is 3. The Bertz CT molecular complexity index is 1150. The van der Waals surface area contributed by atoms with Gasteiger partial charge in [-0.1, -0.05) is 25.1 Å². The maximum absolute atomic E-state index is 13.7. The molecule has 0 aliphatic rings. The van der Waals surface area contributed by atoms with Crippen LogP contribution >= 0.6 is 30.3 Å². The van der Waals surface area contributed by atoms with Crippen LogP contribution < -0.4 is 4.90 Å². The molecule has 4 nitrogen and oxygen atoms in total. The van der Waals surface area contributed by atoms with Gasteiger partial charge in [0.2, 0.25) is 13.3 Å². The van der Waals surface area contributed by atoms with Crippen molar-refractivity contribution in [2.24, 2.45) is 0 Å². The van der Waals surface area contributed by atoms with Crippen molar-refractivity contribution < 1.29 is 23.0 Å². The van der Waals surface area contributed by atoms with Crippen molar-refractivity contribution in [2.75, 3.05) is 11.1 Å². The number of halogens is 3. The average Bonchev–Trinajstić information content (AvgIpc) is 3.08. The van der Waals surface area contributed by atoms with Gasteiger partial charge in [-0.25, -0.2) is 8.78 Å². The van der Waals surface area contributed by atoms with E-state index in [1.807, 2.05) is 0 Å².